The molecule has 0 bridgehead atoms. The molecule has 3 aliphatic carbocycles. The molecule has 5 heterocycles. The van der Waals surface area contributed by atoms with Crippen LogP contribution in [0.5, 0.6) is 0 Å². The fraction of sp³-hybridized carbons (Fsp3) is 0.634. The third-order valence-corrected chi connectivity index (χ3v) is 14.2. The average Bonchev–Trinajstić information content (AvgIpc) is 4.09. The Hall–Kier alpha value is -2.97. The topological polar surface area (TPSA) is 134 Å². The van der Waals surface area contributed by atoms with Crippen LogP contribution in [-0.2, 0) is 60.6 Å². The first-order chi connectivity index (χ1) is 25.7. The molecule has 11 nitrogen and oxygen atoms in total. The molecule has 2 spiro atoms. The van der Waals surface area contributed by atoms with Crippen LogP contribution in [0.2, 0.25) is 0 Å². The van der Waals surface area contributed by atoms with Crippen LogP contribution in [0.25, 0.3) is 0 Å². The Labute approximate surface area is 310 Å². The fourth-order valence-electron chi connectivity index (χ4n) is 11.4. The monoisotopic (exact) mass is 725 g/mol. The summed E-state index contributed by atoms with van der Waals surface area (Å²) >= 11 is 0. The van der Waals surface area contributed by atoms with Crippen LogP contribution in [0.4, 0.5) is 0 Å². The van der Waals surface area contributed by atoms with Gasteiger partial charge in [0.25, 0.3) is 0 Å². The maximum atomic E-state index is 12.7. The second-order valence-electron chi connectivity index (χ2n) is 16.9. The van der Waals surface area contributed by atoms with E-state index in [-0.39, 0.29) is 47.4 Å². The van der Waals surface area contributed by atoms with Gasteiger partial charge in [-0.15, -0.1) is 0 Å². The molecule has 0 amide bonds. The molecule has 2 aromatic carbocycles. The third kappa shape index (κ3) is 4.76. The number of hydrogen-bond donors (Lipinski definition) is 1. The van der Waals surface area contributed by atoms with Gasteiger partial charge >= 0.3 is 302 Å². The molecule has 14 atom stereocenters. The molecule has 5 aliphatic heterocycles. The van der Waals surface area contributed by atoms with Gasteiger partial charge in [0.2, 0.25) is 0 Å². The van der Waals surface area contributed by atoms with Gasteiger partial charge in [-0.05, 0) is 0 Å². The molecule has 4 saturated heterocycles. The van der Waals surface area contributed by atoms with Gasteiger partial charge in [-0.1, -0.05) is 0 Å². The van der Waals surface area contributed by atoms with Crippen molar-refractivity contribution in [1.82, 2.24) is 0 Å². The third-order valence-electron chi connectivity index (χ3n) is 14.2. The zero-order valence-corrected chi connectivity index (χ0v) is 30.7. The van der Waals surface area contributed by atoms with E-state index in [1.807, 2.05) is 60.7 Å². The summed E-state index contributed by atoms with van der Waals surface area (Å²) in [6.45, 7) is 10.1. The Morgan fingerprint density at radius 1 is 0.962 bits per heavy atom. The first-order valence-corrected chi connectivity index (χ1v) is 19.3. The number of ether oxygens (including phenoxy) is 8. The second kappa shape index (κ2) is 12.3. The number of carbonyl (C=O) groups excluding carboxylic acids is 1. The number of fused-ring (bicyclic) bond motifs is 4. The van der Waals surface area contributed by atoms with Crippen LogP contribution in [0, 0.1) is 28.5 Å². The standard InChI is InChI=1S/C41H48BNO10/c1-22(2)39-33(51-39)34-41(52-34)38(4)16-15-26-27(20-47-35(26)44)28(38)17-30-40(41,50-30)37(39)49-36-32(46-19-25-13-9-6-10-14-25)31(53-42-43)23(3)29(48-36)21-45-18-24-11-7-5-8-12-24/h5-14,22-23,28-34,36-37,43H,15-21H2,1-4H3/t23-,28-,29?,30-,31?,32+,33-,34-,36+,37+,38-,39-,40+,41+/m0/s1. The SMILES string of the molecule is CC(C)[C@]12O[C@H]1[C@@H]1O[C@]13[C@]1(O[C@H]1C[C@H]1C4=C(CC[C@@]13C)C(=O)OC4)[C@@H]2O[C@H]1OC(COCc2ccccc2)[C@H](C)C(OB=N)[C@H]1OCc1ccccc1. The molecule has 0 aromatic heterocycles. The van der Waals surface area contributed by atoms with Crippen molar-refractivity contribution in [2.75, 3.05) is 13.2 Å². The molecule has 12 heteroatoms. The van der Waals surface area contributed by atoms with E-state index in [0.717, 1.165) is 42.4 Å². The Kier molecular flexibility index (Phi) is 7.99. The van der Waals surface area contributed by atoms with Crippen molar-refractivity contribution in [3.8, 4) is 0 Å². The summed E-state index contributed by atoms with van der Waals surface area (Å²) in [5.74, 6) is -0.163. The van der Waals surface area contributed by atoms with Gasteiger partial charge in [0.05, 0.1) is 0 Å². The molecule has 1 N–H and O–H groups in total. The van der Waals surface area contributed by atoms with Crippen molar-refractivity contribution in [3.63, 3.8) is 0 Å². The number of nitrogens with one attached hydrogen (secondary N) is 1. The van der Waals surface area contributed by atoms with E-state index in [4.69, 9.17) is 47.9 Å². The van der Waals surface area contributed by atoms with Gasteiger partial charge in [0, 0.05) is 0 Å². The van der Waals surface area contributed by atoms with Crippen LogP contribution < -0.4 is 0 Å². The molecular weight excluding hydrogens is 677 g/mol. The minimum atomic E-state index is -0.894. The van der Waals surface area contributed by atoms with Crippen LogP contribution in [0.15, 0.2) is 71.8 Å². The normalized spacial score (nSPS) is 45.4. The van der Waals surface area contributed by atoms with E-state index >= 15 is 0 Å². The molecule has 2 unspecified atom stereocenters. The van der Waals surface area contributed by atoms with Crippen molar-refractivity contribution in [2.24, 2.45) is 23.2 Å². The van der Waals surface area contributed by atoms with Gasteiger partial charge < -0.3 is 4.74 Å². The molecule has 0 radical (unpaired) electrons. The second-order valence-corrected chi connectivity index (χ2v) is 16.9. The van der Waals surface area contributed by atoms with Crippen molar-refractivity contribution in [3.05, 3.63) is 82.9 Å². The van der Waals surface area contributed by atoms with E-state index in [2.05, 4.69) is 27.7 Å². The molecule has 2 saturated carbocycles. The Morgan fingerprint density at radius 3 is 2.42 bits per heavy atom. The maximum absolute atomic E-state index is 12.7. The quantitative estimate of drug-likeness (QED) is 0.180. The van der Waals surface area contributed by atoms with E-state index < -0.39 is 47.5 Å². The Morgan fingerprint density at radius 2 is 1.70 bits per heavy atom. The summed E-state index contributed by atoms with van der Waals surface area (Å²) in [4.78, 5) is 12.7. The number of carbonyl (C=O) groups is 1. The summed E-state index contributed by atoms with van der Waals surface area (Å²) in [5, 5.41) is 8.03. The van der Waals surface area contributed by atoms with E-state index in [9.17, 15) is 4.79 Å². The van der Waals surface area contributed by atoms with Crippen LogP contribution in [0.1, 0.15) is 58.1 Å². The molecule has 280 valence electrons. The number of cyclic esters (lactones) is 1. The van der Waals surface area contributed by atoms with E-state index in [1.54, 1.807) is 0 Å². The molecular formula is C41H48BNO10. The van der Waals surface area contributed by atoms with Gasteiger partial charge in [-0.2, -0.15) is 0 Å². The molecule has 10 rings (SSSR count). The minimum absolute atomic E-state index is 0.0933. The van der Waals surface area contributed by atoms with Crippen LogP contribution in [0.3, 0.4) is 0 Å². The van der Waals surface area contributed by atoms with Crippen molar-refractivity contribution < 1.29 is 47.3 Å². The van der Waals surface area contributed by atoms with Crippen molar-refractivity contribution >= 4 is 13.2 Å². The summed E-state index contributed by atoms with van der Waals surface area (Å²) in [6, 6.07) is 20.1. The van der Waals surface area contributed by atoms with Crippen LogP contribution >= 0.6 is 0 Å². The first-order valence-electron chi connectivity index (χ1n) is 19.3. The summed E-state index contributed by atoms with van der Waals surface area (Å²) in [6.07, 6.45) is -1.31. The summed E-state index contributed by atoms with van der Waals surface area (Å²) in [5.41, 5.74) is 1.67. The van der Waals surface area contributed by atoms with Gasteiger partial charge in [0.1, 0.15) is 0 Å². The van der Waals surface area contributed by atoms with Gasteiger partial charge in [0.15, 0.2) is 0 Å². The van der Waals surface area contributed by atoms with Crippen molar-refractivity contribution in [1.29, 1.82) is 5.31 Å². The zero-order chi connectivity index (χ0) is 36.3. The predicted octanol–water partition coefficient (Wildman–Crippen LogP) is 5.06. The molecule has 53 heavy (non-hydrogen) atoms. The van der Waals surface area contributed by atoms with Gasteiger partial charge in [-0.25, -0.2) is 4.79 Å². The number of rotatable bonds is 12. The molecule has 2 aromatic rings. The number of esters is 1. The fourth-order valence-corrected chi connectivity index (χ4v) is 11.4. The van der Waals surface area contributed by atoms with Crippen LogP contribution in [-0.4, -0.2) is 92.3 Å². The zero-order valence-electron chi connectivity index (χ0n) is 30.7. The number of benzene rings is 2. The number of hydrogen-bond acceptors (Lipinski definition) is 11. The van der Waals surface area contributed by atoms with Crippen molar-refractivity contribution in [2.45, 2.75) is 126 Å². The van der Waals surface area contributed by atoms with E-state index in [0.29, 0.717) is 32.8 Å². The molecule has 8 aliphatic rings. The predicted molar refractivity (Wildman–Crippen MR) is 188 cm³/mol. The van der Waals surface area contributed by atoms with E-state index in [1.165, 1.54) is 0 Å². The summed E-state index contributed by atoms with van der Waals surface area (Å²) < 4.78 is 59.9. The summed E-state index contributed by atoms with van der Waals surface area (Å²) in [7, 11) is 0.989. The van der Waals surface area contributed by atoms with Gasteiger partial charge in [-0.3, -0.25) is 0 Å². The average molecular weight is 726 g/mol. The Balaban J connectivity index is 1.00. The number of epoxide rings is 3. The molecule has 6 fully saturated rings. The first kappa shape index (κ1) is 34.5. The Bertz CT molecular complexity index is 1810.